The first-order valence-corrected chi connectivity index (χ1v) is 12.5. The molecule has 0 spiro atoms. The molecule has 3 aromatic carbocycles. The lowest BCUT2D eigenvalue weighted by molar-refractivity contribution is -0.118. The summed E-state index contributed by atoms with van der Waals surface area (Å²) in [7, 11) is 1.57. The molecular weight excluding hydrogens is 547 g/mol. The van der Waals surface area contributed by atoms with E-state index in [1.54, 1.807) is 19.4 Å². The van der Waals surface area contributed by atoms with E-state index in [0.29, 0.717) is 38.4 Å². The molecule has 1 amide bonds. The maximum atomic E-state index is 12.0. The van der Waals surface area contributed by atoms with Crippen molar-refractivity contribution in [1.82, 2.24) is 5.43 Å². The second-order valence-electron chi connectivity index (χ2n) is 6.86. The Hall–Kier alpha value is -2.19. The number of carbonyl (C=O) groups excluding carboxylic acids is 1. The number of benzene rings is 3. The van der Waals surface area contributed by atoms with Crippen molar-refractivity contribution in [1.29, 1.82) is 0 Å². The van der Waals surface area contributed by atoms with E-state index >= 15 is 0 Å². The number of nitrogens with one attached hydrogen (secondary N) is 1. The average Bonchev–Trinajstić information content (AvgIpc) is 2.80. The van der Waals surface area contributed by atoms with E-state index < -0.39 is 0 Å². The molecule has 0 atom stereocenters. The summed E-state index contributed by atoms with van der Waals surface area (Å²) in [6.45, 7) is 0.364. The largest absolute Gasteiger partial charge is 0.493 e. The van der Waals surface area contributed by atoms with Gasteiger partial charge in [-0.2, -0.15) is 5.10 Å². The van der Waals surface area contributed by atoms with Gasteiger partial charge in [-0.25, -0.2) is 5.43 Å². The lowest BCUT2D eigenvalue weighted by atomic mass is 10.2. The Morgan fingerprint density at radius 1 is 1.06 bits per heavy atom. The summed E-state index contributed by atoms with van der Waals surface area (Å²) < 4.78 is 12.1. The van der Waals surface area contributed by atoms with Gasteiger partial charge in [0.25, 0.3) is 0 Å². The zero-order chi connectivity index (χ0) is 23.6. The van der Waals surface area contributed by atoms with Gasteiger partial charge in [-0.1, -0.05) is 47.5 Å². The summed E-state index contributed by atoms with van der Waals surface area (Å²) in [6.07, 6.45) is 1.55. The van der Waals surface area contributed by atoms with Gasteiger partial charge in [0.2, 0.25) is 5.91 Å². The minimum atomic E-state index is -0.181. The number of methoxy groups -OCH3 is 1. The van der Waals surface area contributed by atoms with Gasteiger partial charge < -0.3 is 9.47 Å². The number of ether oxygens (including phenoxy) is 2. The molecule has 0 heterocycles. The van der Waals surface area contributed by atoms with Crippen LogP contribution in [-0.2, 0) is 17.2 Å². The van der Waals surface area contributed by atoms with Crippen LogP contribution in [-0.4, -0.2) is 25.0 Å². The van der Waals surface area contributed by atoms with Crippen molar-refractivity contribution in [2.24, 2.45) is 5.10 Å². The summed E-state index contributed by atoms with van der Waals surface area (Å²) in [5.74, 6) is 1.96. The van der Waals surface area contributed by atoms with Gasteiger partial charge in [0.05, 0.1) is 23.5 Å². The second kappa shape index (κ2) is 12.9. The Kier molecular flexibility index (Phi) is 9.94. The summed E-state index contributed by atoms with van der Waals surface area (Å²) in [5.41, 5.74) is 5.37. The summed E-state index contributed by atoms with van der Waals surface area (Å²) in [6, 6.07) is 18.6. The highest BCUT2D eigenvalue weighted by atomic mass is 79.9. The van der Waals surface area contributed by atoms with Gasteiger partial charge in [-0.15, -0.1) is 11.8 Å². The van der Waals surface area contributed by atoms with Gasteiger partial charge in [-0.05, 0) is 69.0 Å². The fraction of sp³-hybridized carbons (Fsp3) is 0.167. The number of nitrogens with zero attached hydrogens (tertiary/aromatic N) is 1. The highest BCUT2D eigenvalue weighted by molar-refractivity contribution is 9.10. The Bertz CT molecular complexity index is 1110. The molecule has 0 saturated carbocycles. The molecule has 5 nitrogen and oxygen atoms in total. The smallest absolute Gasteiger partial charge is 0.250 e. The molecule has 0 fully saturated rings. The van der Waals surface area contributed by atoms with E-state index in [1.165, 1.54) is 11.8 Å². The topological polar surface area (TPSA) is 59.9 Å². The maximum absolute atomic E-state index is 12.0. The molecule has 0 aliphatic carbocycles. The number of halogens is 3. The molecule has 172 valence electrons. The Balaban J connectivity index is 1.52. The lowest BCUT2D eigenvalue weighted by Crippen LogP contribution is -2.19. The molecule has 1 N–H and O–H groups in total. The van der Waals surface area contributed by atoms with Crippen LogP contribution >= 0.6 is 50.9 Å². The molecule has 0 aromatic heterocycles. The van der Waals surface area contributed by atoms with Gasteiger partial charge in [-0.3, -0.25) is 4.79 Å². The first kappa shape index (κ1) is 25.4. The number of carbonyl (C=O) groups is 1. The quantitative estimate of drug-likeness (QED) is 0.218. The number of hydrazone groups is 1. The van der Waals surface area contributed by atoms with Crippen LogP contribution in [0.1, 0.15) is 16.7 Å². The average molecular weight is 568 g/mol. The number of thioether (sulfide) groups is 1. The van der Waals surface area contributed by atoms with Gasteiger partial charge >= 0.3 is 0 Å². The first-order chi connectivity index (χ1) is 15.9. The van der Waals surface area contributed by atoms with Crippen LogP contribution < -0.4 is 14.9 Å². The van der Waals surface area contributed by atoms with Gasteiger partial charge in [0.1, 0.15) is 6.61 Å². The maximum Gasteiger partial charge on any atom is 0.250 e. The third-order valence-corrected chi connectivity index (χ3v) is 6.46. The molecule has 0 unspecified atom stereocenters. The SMILES string of the molecule is COc1cc(/C=N\NC(=O)CSCc2ccc(Cl)cc2)cc(Br)c1OCc1ccc(Cl)cc1. The van der Waals surface area contributed by atoms with Crippen LogP contribution in [0.3, 0.4) is 0 Å². The fourth-order valence-electron chi connectivity index (χ4n) is 2.74. The molecule has 3 aromatic rings. The minimum absolute atomic E-state index is 0.181. The fourth-order valence-corrected chi connectivity index (χ4v) is 4.35. The molecular formula is C24H21BrCl2N2O3S. The normalized spacial score (nSPS) is 10.9. The van der Waals surface area contributed by atoms with Crippen molar-refractivity contribution in [3.05, 3.63) is 91.9 Å². The van der Waals surface area contributed by atoms with E-state index in [2.05, 4.69) is 26.5 Å². The van der Waals surface area contributed by atoms with E-state index in [1.807, 2.05) is 54.6 Å². The zero-order valence-electron chi connectivity index (χ0n) is 17.7. The number of hydrogen-bond donors (Lipinski definition) is 1. The molecule has 0 saturated heterocycles. The lowest BCUT2D eigenvalue weighted by Gasteiger charge is -2.13. The third kappa shape index (κ3) is 8.27. The Morgan fingerprint density at radius 2 is 1.70 bits per heavy atom. The highest BCUT2D eigenvalue weighted by Gasteiger charge is 2.12. The van der Waals surface area contributed by atoms with Gasteiger partial charge in [0.15, 0.2) is 11.5 Å². The number of hydrogen-bond acceptors (Lipinski definition) is 5. The van der Waals surface area contributed by atoms with Gasteiger partial charge in [0, 0.05) is 15.8 Å². The van der Waals surface area contributed by atoms with Crippen LogP contribution in [0.5, 0.6) is 11.5 Å². The van der Waals surface area contributed by atoms with E-state index in [4.69, 9.17) is 32.7 Å². The number of rotatable bonds is 10. The van der Waals surface area contributed by atoms with Crippen LogP contribution in [0.4, 0.5) is 0 Å². The van der Waals surface area contributed by atoms with Crippen LogP contribution in [0.2, 0.25) is 10.0 Å². The standard InChI is InChI=1S/C24H21BrCl2N2O3S/c1-31-22-11-18(10-21(25)24(22)32-13-16-2-6-19(26)7-3-16)12-28-29-23(30)15-33-14-17-4-8-20(27)9-5-17/h2-12H,13-15H2,1H3,(H,29,30)/b28-12-. The predicted molar refractivity (Wildman–Crippen MR) is 140 cm³/mol. The Labute approximate surface area is 215 Å². The molecule has 0 aliphatic rings. The monoisotopic (exact) mass is 566 g/mol. The molecule has 33 heavy (non-hydrogen) atoms. The van der Waals surface area contributed by atoms with Crippen LogP contribution in [0, 0.1) is 0 Å². The molecule has 0 aliphatic heterocycles. The summed E-state index contributed by atoms with van der Waals surface area (Å²) in [5, 5.41) is 5.41. The Morgan fingerprint density at radius 3 is 2.33 bits per heavy atom. The van der Waals surface area contributed by atoms with E-state index in [0.717, 1.165) is 22.4 Å². The third-order valence-electron chi connectivity index (χ3n) is 4.37. The molecule has 9 heteroatoms. The van der Waals surface area contributed by atoms with Crippen molar-refractivity contribution >= 4 is 63.0 Å². The van der Waals surface area contributed by atoms with Crippen molar-refractivity contribution in [3.8, 4) is 11.5 Å². The van der Waals surface area contributed by atoms with E-state index in [9.17, 15) is 4.79 Å². The molecule has 0 radical (unpaired) electrons. The molecule has 3 rings (SSSR count). The zero-order valence-corrected chi connectivity index (χ0v) is 21.6. The van der Waals surface area contributed by atoms with Crippen molar-refractivity contribution in [2.75, 3.05) is 12.9 Å². The van der Waals surface area contributed by atoms with Crippen LogP contribution in [0.15, 0.2) is 70.2 Å². The van der Waals surface area contributed by atoms with Crippen LogP contribution in [0.25, 0.3) is 0 Å². The number of amides is 1. The summed E-state index contributed by atoms with van der Waals surface area (Å²) in [4.78, 5) is 12.0. The van der Waals surface area contributed by atoms with E-state index in [-0.39, 0.29) is 5.91 Å². The predicted octanol–water partition coefficient (Wildman–Crippen LogP) is 6.73. The van der Waals surface area contributed by atoms with Crippen molar-refractivity contribution in [2.45, 2.75) is 12.4 Å². The van der Waals surface area contributed by atoms with Crippen molar-refractivity contribution < 1.29 is 14.3 Å². The summed E-state index contributed by atoms with van der Waals surface area (Å²) >= 11 is 16.8. The van der Waals surface area contributed by atoms with Crippen molar-refractivity contribution in [3.63, 3.8) is 0 Å². The molecule has 0 bridgehead atoms. The highest BCUT2D eigenvalue weighted by Crippen LogP contribution is 2.37. The first-order valence-electron chi connectivity index (χ1n) is 9.83. The minimum Gasteiger partial charge on any atom is -0.493 e. The second-order valence-corrected chi connectivity index (χ2v) is 9.57.